The molecule has 35 heavy (non-hydrogen) atoms. The minimum absolute atomic E-state index is 0. The Hall–Kier alpha value is -2.10. The van der Waals surface area contributed by atoms with E-state index in [0.29, 0.717) is 6.42 Å². The van der Waals surface area contributed by atoms with Crippen molar-refractivity contribution in [2.75, 3.05) is 0 Å². The number of fused-ring (bicyclic) bond motifs is 3. The maximum Gasteiger partial charge on any atom is 4.00 e. The van der Waals surface area contributed by atoms with Gasteiger partial charge in [-0.1, -0.05) is 121 Å². The number of amides is 1. The topological polar surface area (TPSA) is 40.9 Å². The molecule has 0 heterocycles. The fourth-order valence-corrected chi connectivity index (χ4v) is 4.39. The largest absolute Gasteiger partial charge is 4.00 e. The molecule has 1 amide bonds. The van der Waals surface area contributed by atoms with Crippen molar-refractivity contribution in [3.05, 3.63) is 121 Å². The van der Waals surface area contributed by atoms with Crippen LogP contribution in [0.25, 0.3) is 27.3 Å². The van der Waals surface area contributed by atoms with Crippen molar-refractivity contribution in [1.29, 1.82) is 0 Å². The Morgan fingerprint density at radius 1 is 0.686 bits per heavy atom. The second-order valence-corrected chi connectivity index (χ2v) is 8.75. The first kappa shape index (κ1) is 32.9. The zero-order valence-corrected chi connectivity index (χ0v) is 24.5. The van der Waals surface area contributed by atoms with Gasteiger partial charge < -0.3 is 35.3 Å². The third kappa shape index (κ3) is 11.0. The van der Waals surface area contributed by atoms with Crippen molar-refractivity contribution >= 4 is 47.3 Å². The molecule has 5 aromatic rings. The zero-order valence-electron chi connectivity index (χ0n) is 19.5. The molecule has 1 N–H and O–H groups in total. The minimum atomic E-state index is -0.461. The Bertz CT molecular complexity index is 1160. The SMILES string of the molecule is CCCC([NH-])=O.[Cl-].[Cl-].[Zr+4].c1ccc([Si]c2ccccc2)cc1.c1ccc2c(c1)[cH-]c1ccccc12. The van der Waals surface area contributed by atoms with Crippen molar-refractivity contribution < 1.29 is 55.8 Å². The minimum Gasteiger partial charge on any atom is -1.00 e. The maximum absolute atomic E-state index is 9.71. The van der Waals surface area contributed by atoms with Gasteiger partial charge in [-0.15, -0.1) is 39.7 Å². The second-order valence-electron chi connectivity index (χ2n) is 7.35. The summed E-state index contributed by atoms with van der Waals surface area (Å²) in [4.78, 5) is 9.71. The van der Waals surface area contributed by atoms with Crippen LogP contribution in [0.4, 0.5) is 0 Å². The van der Waals surface area contributed by atoms with Crippen LogP contribution in [0.3, 0.4) is 0 Å². The summed E-state index contributed by atoms with van der Waals surface area (Å²) < 4.78 is 0. The summed E-state index contributed by atoms with van der Waals surface area (Å²) in [5.74, 6) is -0.461. The van der Waals surface area contributed by atoms with E-state index >= 15 is 0 Å². The smallest absolute Gasteiger partial charge is 1.00 e. The summed E-state index contributed by atoms with van der Waals surface area (Å²) in [6.45, 7) is 1.88. The van der Waals surface area contributed by atoms with E-state index in [1.807, 2.05) is 6.92 Å². The van der Waals surface area contributed by atoms with Gasteiger partial charge in [0.15, 0.2) is 0 Å². The van der Waals surface area contributed by atoms with Crippen LogP contribution in [0, 0.1) is 0 Å². The van der Waals surface area contributed by atoms with Crippen LogP contribution in [0.5, 0.6) is 0 Å². The van der Waals surface area contributed by atoms with Crippen LogP contribution in [0.15, 0.2) is 115 Å². The molecule has 0 saturated carbocycles. The fraction of sp³-hybridized carbons (Fsp3) is 0.103. The predicted molar refractivity (Wildman–Crippen MR) is 139 cm³/mol. The van der Waals surface area contributed by atoms with Gasteiger partial charge in [0.25, 0.3) is 0 Å². The van der Waals surface area contributed by atoms with Gasteiger partial charge in [-0.2, -0.15) is 0 Å². The van der Waals surface area contributed by atoms with E-state index < -0.39 is 5.91 Å². The van der Waals surface area contributed by atoms with E-state index in [-0.39, 0.29) is 51.0 Å². The van der Waals surface area contributed by atoms with Gasteiger partial charge in [0.05, 0.1) is 0 Å². The summed E-state index contributed by atoms with van der Waals surface area (Å²) >= 11 is 0. The molecule has 176 valence electrons. The van der Waals surface area contributed by atoms with Crippen molar-refractivity contribution in [2.24, 2.45) is 0 Å². The Morgan fingerprint density at radius 3 is 1.40 bits per heavy atom. The Morgan fingerprint density at radius 2 is 1.06 bits per heavy atom. The number of halogens is 2. The van der Waals surface area contributed by atoms with E-state index in [4.69, 9.17) is 5.73 Å². The third-order valence-corrected chi connectivity index (χ3v) is 6.08. The second kappa shape index (κ2) is 18.2. The molecule has 2 radical (unpaired) electrons. The Labute approximate surface area is 242 Å². The molecular formula is C29H27Cl2NOSiZr. The molecule has 0 aliphatic heterocycles. The Balaban J connectivity index is 0.000000507. The first-order valence-electron chi connectivity index (χ1n) is 10.8. The average Bonchev–Trinajstić information content (AvgIpc) is 3.20. The van der Waals surface area contributed by atoms with E-state index in [1.165, 1.54) is 31.9 Å². The Kier molecular flexibility index (Phi) is 17.1. The van der Waals surface area contributed by atoms with Gasteiger partial charge in [0.1, 0.15) is 9.52 Å². The molecule has 0 aliphatic carbocycles. The van der Waals surface area contributed by atoms with Gasteiger partial charge in [-0.25, -0.2) is 0 Å². The normalized spacial score (nSPS) is 9.17. The summed E-state index contributed by atoms with van der Waals surface area (Å²) in [5.41, 5.74) is 6.34. The fourth-order valence-electron chi connectivity index (χ4n) is 3.34. The number of carbonyl (C=O) groups is 1. The van der Waals surface area contributed by atoms with Crippen molar-refractivity contribution in [3.63, 3.8) is 0 Å². The maximum atomic E-state index is 9.71. The molecule has 0 unspecified atom stereocenters. The standard InChI is InChI=1S/C13H9.C12H10Si.C4H9NO.2ClH.Zr/c1-3-7-12-10(5-1)9-11-6-2-4-8-13(11)12;1-3-7-11(8-4-1)13-12-9-5-2-6-10-12;1-2-3-4(5)6;;;/h1-9H;1-10H;2-3H2,1H3,(H2,5,6);2*1H;/q-1;;;;;+4/p-3. The number of nitrogens with one attached hydrogen (secondary N) is 1. The number of hydrogen-bond acceptors (Lipinski definition) is 1. The third-order valence-electron chi connectivity index (χ3n) is 4.84. The molecule has 0 fully saturated rings. The molecule has 0 atom stereocenters. The van der Waals surface area contributed by atoms with Gasteiger partial charge in [-0.05, 0) is 6.42 Å². The molecule has 6 heteroatoms. The van der Waals surface area contributed by atoms with E-state index in [9.17, 15) is 4.79 Å². The van der Waals surface area contributed by atoms with Gasteiger partial charge in [-0.3, -0.25) is 0 Å². The van der Waals surface area contributed by atoms with Crippen LogP contribution in [0.2, 0.25) is 0 Å². The predicted octanol–water partition coefficient (Wildman–Crippen LogP) is 0.424. The number of benzene rings is 4. The molecule has 5 aromatic carbocycles. The van der Waals surface area contributed by atoms with Gasteiger partial charge in [0.2, 0.25) is 0 Å². The van der Waals surface area contributed by atoms with Crippen molar-refractivity contribution in [2.45, 2.75) is 19.8 Å². The number of rotatable bonds is 4. The van der Waals surface area contributed by atoms with E-state index in [2.05, 4.69) is 115 Å². The van der Waals surface area contributed by atoms with Crippen molar-refractivity contribution in [1.82, 2.24) is 0 Å². The van der Waals surface area contributed by atoms with E-state index in [0.717, 1.165) is 15.9 Å². The zero-order chi connectivity index (χ0) is 22.6. The van der Waals surface area contributed by atoms with Gasteiger partial charge >= 0.3 is 26.2 Å². The van der Waals surface area contributed by atoms with Crippen LogP contribution >= 0.6 is 0 Å². The van der Waals surface area contributed by atoms with Crippen molar-refractivity contribution in [3.8, 4) is 0 Å². The average molecular weight is 596 g/mol. The number of hydrogen-bond donors (Lipinski definition) is 0. The molecule has 0 spiro atoms. The molecule has 0 bridgehead atoms. The first-order valence-corrected chi connectivity index (χ1v) is 11.8. The summed E-state index contributed by atoms with van der Waals surface area (Å²) in [6.07, 6.45) is 1.20. The monoisotopic (exact) mass is 593 g/mol. The molecule has 0 aliphatic rings. The van der Waals surface area contributed by atoms with Crippen LogP contribution in [0.1, 0.15) is 19.8 Å². The van der Waals surface area contributed by atoms with Crippen LogP contribution < -0.4 is 35.2 Å². The summed E-state index contributed by atoms with van der Waals surface area (Å²) in [5, 5.41) is 8.19. The molecule has 0 saturated heterocycles. The van der Waals surface area contributed by atoms with Gasteiger partial charge in [0, 0.05) is 5.91 Å². The number of carbonyl (C=O) groups excluding carboxylic acids is 1. The molecule has 5 rings (SSSR count). The van der Waals surface area contributed by atoms with E-state index in [1.54, 1.807) is 0 Å². The molecule has 0 aromatic heterocycles. The van der Waals surface area contributed by atoms with Crippen LogP contribution in [-0.4, -0.2) is 15.4 Å². The molecule has 2 nitrogen and oxygen atoms in total. The quantitative estimate of drug-likeness (QED) is 0.220. The summed E-state index contributed by atoms with van der Waals surface area (Å²) in [7, 11) is 0.777. The summed E-state index contributed by atoms with van der Waals surface area (Å²) in [6, 6.07) is 40.4. The molecular weight excluding hydrogens is 569 g/mol. The van der Waals surface area contributed by atoms with Crippen LogP contribution in [-0.2, 0) is 31.0 Å². The first-order chi connectivity index (χ1) is 15.7.